The summed E-state index contributed by atoms with van der Waals surface area (Å²) in [6, 6.07) is 1.68. The van der Waals surface area contributed by atoms with Crippen LogP contribution in [0.25, 0.3) is 11.0 Å². The summed E-state index contributed by atoms with van der Waals surface area (Å²) in [5.41, 5.74) is 1.57. The first kappa shape index (κ1) is 13.7. The highest BCUT2D eigenvalue weighted by Gasteiger charge is 2.19. The Labute approximate surface area is 110 Å². The molecule has 0 amide bonds. The van der Waals surface area contributed by atoms with Gasteiger partial charge < -0.3 is 20.5 Å². The number of aliphatic hydroxyl groups is 2. The summed E-state index contributed by atoms with van der Waals surface area (Å²) < 4.78 is 0. The molecule has 0 fully saturated rings. The van der Waals surface area contributed by atoms with Crippen molar-refractivity contribution in [1.29, 1.82) is 0 Å². The molecule has 6 nitrogen and oxygen atoms in total. The molecule has 0 aliphatic heterocycles. The Hall–Kier alpha value is -1.76. The molecule has 6 heteroatoms. The number of pyridine rings is 1. The van der Waals surface area contributed by atoms with E-state index in [1.807, 2.05) is 0 Å². The molecule has 0 aliphatic carbocycles. The molecule has 0 aromatic carbocycles. The largest absolute Gasteiger partial charge is 0.390 e. The number of hydrogen-bond acceptors (Lipinski definition) is 5. The van der Waals surface area contributed by atoms with E-state index in [-0.39, 0.29) is 0 Å². The summed E-state index contributed by atoms with van der Waals surface area (Å²) in [4.78, 5) is 17.9. The zero-order chi connectivity index (χ0) is 13.8. The van der Waals surface area contributed by atoms with Gasteiger partial charge in [-0.15, -0.1) is 0 Å². The van der Waals surface area contributed by atoms with Gasteiger partial charge in [-0.25, -0.2) is 4.98 Å². The second-order valence-electron chi connectivity index (χ2n) is 4.43. The Balaban J connectivity index is 2.26. The van der Waals surface area contributed by atoms with Crippen molar-refractivity contribution in [3.8, 4) is 0 Å². The molecule has 0 radical (unpaired) electrons. The van der Waals surface area contributed by atoms with Gasteiger partial charge in [0, 0.05) is 28.9 Å². The minimum atomic E-state index is -1.01. The Morgan fingerprint density at radius 3 is 3.00 bits per heavy atom. The summed E-state index contributed by atoms with van der Waals surface area (Å²) in [6.45, 7) is 0.609. The summed E-state index contributed by atoms with van der Waals surface area (Å²) in [7, 11) is 1.78. The number of aliphatic hydroxyl groups excluding tert-OH is 2. The van der Waals surface area contributed by atoms with Crippen LogP contribution >= 0.6 is 0 Å². The van der Waals surface area contributed by atoms with Gasteiger partial charge >= 0.3 is 0 Å². The first-order valence-corrected chi connectivity index (χ1v) is 6.10. The second-order valence-corrected chi connectivity index (χ2v) is 4.43. The lowest BCUT2D eigenvalue weighted by Crippen LogP contribution is -2.23. The van der Waals surface area contributed by atoms with Crippen molar-refractivity contribution < 1.29 is 15.0 Å². The van der Waals surface area contributed by atoms with Crippen molar-refractivity contribution in [3.63, 3.8) is 0 Å². The van der Waals surface area contributed by atoms with Crippen molar-refractivity contribution in [2.75, 3.05) is 13.6 Å². The lowest BCUT2D eigenvalue weighted by molar-refractivity contribution is 0.0139. The average molecular weight is 263 g/mol. The summed E-state index contributed by atoms with van der Waals surface area (Å²) in [5.74, 6) is 0. The number of nitrogens with zero attached hydrogens (tertiary/aromatic N) is 1. The Kier molecular flexibility index (Phi) is 4.26. The molecule has 0 saturated carbocycles. The van der Waals surface area contributed by atoms with Gasteiger partial charge in [-0.1, -0.05) is 0 Å². The number of hydrogen-bond donors (Lipinski definition) is 4. The van der Waals surface area contributed by atoms with Gasteiger partial charge in [-0.05, 0) is 26.1 Å². The predicted octanol–water partition coefficient (Wildman–Crippen LogP) is 0.379. The highest BCUT2D eigenvalue weighted by atomic mass is 16.3. The molecule has 19 heavy (non-hydrogen) atoms. The van der Waals surface area contributed by atoms with E-state index in [4.69, 9.17) is 0 Å². The fourth-order valence-corrected chi connectivity index (χ4v) is 1.97. The summed E-state index contributed by atoms with van der Waals surface area (Å²) in [5, 5.41) is 23.5. The van der Waals surface area contributed by atoms with Crippen LogP contribution in [0.1, 0.15) is 28.4 Å². The third-order valence-corrected chi connectivity index (χ3v) is 3.11. The van der Waals surface area contributed by atoms with Gasteiger partial charge in [-0.2, -0.15) is 0 Å². The smallest absolute Gasteiger partial charge is 0.152 e. The number of H-pyrrole nitrogens is 1. The lowest BCUT2D eigenvalue weighted by Gasteiger charge is -2.17. The average Bonchev–Trinajstić information content (AvgIpc) is 2.85. The third-order valence-electron chi connectivity index (χ3n) is 3.11. The summed E-state index contributed by atoms with van der Waals surface area (Å²) in [6.07, 6.45) is 2.35. The zero-order valence-electron chi connectivity index (χ0n) is 10.6. The van der Waals surface area contributed by atoms with Gasteiger partial charge in [0.05, 0.1) is 6.10 Å². The van der Waals surface area contributed by atoms with E-state index < -0.39 is 12.2 Å². The zero-order valence-corrected chi connectivity index (χ0v) is 10.6. The van der Waals surface area contributed by atoms with E-state index in [0.29, 0.717) is 35.1 Å². The number of carbonyl (C=O) groups excluding carboxylic acids is 1. The van der Waals surface area contributed by atoms with Gasteiger partial charge in [0.2, 0.25) is 0 Å². The van der Waals surface area contributed by atoms with Crippen LogP contribution in [0.5, 0.6) is 0 Å². The van der Waals surface area contributed by atoms with E-state index in [1.165, 1.54) is 6.20 Å². The lowest BCUT2D eigenvalue weighted by atomic mass is 10.0. The monoisotopic (exact) mass is 263 g/mol. The molecule has 0 aliphatic rings. The van der Waals surface area contributed by atoms with Crippen molar-refractivity contribution in [3.05, 3.63) is 29.6 Å². The quantitative estimate of drug-likeness (QED) is 0.565. The maximum absolute atomic E-state index is 10.9. The minimum Gasteiger partial charge on any atom is -0.390 e. The van der Waals surface area contributed by atoms with Crippen LogP contribution in [0.4, 0.5) is 0 Å². The number of aromatic amines is 1. The molecule has 2 aromatic heterocycles. The molecule has 0 spiro atoms. The van der Waals surface area contributed by atoms with E-state index in [2.05, 4.69) is 15.3 Å². The van der Waals surface area contributed by atoms with Crippen LogP contribution in [-0.2, 0) is 0 Å². The van der Waals surface area contributed by atoms with Crippen LogP contribution < -0.4 is 5.32 Å². The maximum Gasteiger partial charge on any atom is 0.152 e. The number of carbonyl (C=O) groups is 1. The third kappa shape index (κ3) is 2.81. The topological polar surface area (TPSA) is 98.2 Å². The van der Waals surface area contributed by atoms with Crippen LogP contribution in [0, 0.1) is 0 Å². The molecule has 102 valence electrons. The SMILES string of the molecule is CNCCC(O)C(O)c1cnc2[nH]cc(C=O)c2c1. The molecule has 0 bridgehead atoms. The molecule has 2 heterocycles. The number of aromatic nitrogens is 2. The Morgan fingerprint density at radius 1 is 1.53 bits per heavy atom. The first-order chi connectivity index (χ1) is 9.17. The second kappa shape index (κ2) is 5.92. The van der Waals surface area contributed by atoms with Crippen LogP contribution in [0.3, 0.4) is 0 Å². The maximum atomic E-state index is 10.9. The molecule has 2 aromatic rings. The molecule has 0 saturated heterocycles. The standard InChI is InChI=1S/C13H17N3O3/c1-14-3-2-11(18)12(19)8-4-10-9(7-17)6-16-13(10)15-5-8/h4-7,11-12,14,18-19H,2-3H2,1H3,(H,15,16). The molecule has 4 N–H and O–H groups in total. The summed E-state index contributed by atoms with van der Waals surface area (Å²) >= 11 is 0. The number of aldehydes is 1. The van der Waals surface area contributed by atoms with Crippen LogP contribution in [-0.4, -0.2) is 46.2 Å². The van der Waals surface area contributed by atoms with Crippen molar-refractivity contribution >= 4 is 17.3 Å². The highest BCUT2D eigenvalue weighted by Crippen LogP contribution is 2.23. The van der Waals surface area contributed by atoms with E-state index in [9.17, 15) is 15.0 Å². The molecular formula is C13H17N3O3. The van der Waals surface area contributed by atoms with E-state index in [1.54, 1.807) is 19.3 Å². The van der Waals surface area contributed by atoms with E-state index >= 15 is 0 Å². The fourth-order valence-electron chi connectivity index (χ4n) is 1.97. The first-order valence-electron chi connectivity index (χ1n) is 6.10. The van der Waals surface area contributed by atoms with Crippen LogP contribution in [0.2, 0.25) is 0 Å². The number of nitrogens with one attached hydrogen (secondary N) is 2. The molecule has 2 rings (SSSR count). The van der Waals surface area contributed by atoms with Crippen molar-refractivity contribution in [1.82, 2.24) is 15.3 Å². The minimum absolute atomic E-state index is 0.434. The Morgan fingerprint density at radius 2 is 2.32 bits per heavy atom. The van der Waals surface area contributed by atoms with Gasteiger partial charge in [0.1, 0.15) is 11.8 Å². The van der Waals surface area contributed by atoms with Gasteiger partial charge in [0.25, 0.3) is 0 Å². The van der Waals surface area contributed by atoms with Gasteiger partial charge in [-0.3, -0.25) is 4.79 Å². The number of fused-ring (bicyclic) bond motifs is 1. The fraction of sp³-hybridized carbons (Fsp3) is 0.385. The van der Waals surface area contributed by atoms with Crippen LogP contribution in [0.15, 0.2) is 18.5 Å². The number of rotatable bonds is 6. The Bertz CT molecular complexity index is 567. The van der Waals surface area contributed by atoms with E-state index in [0.717, 1.165) is 6.29 Å². The predicted molar refractivity (Wildman–Crippen MR) is 71.0 cm³/mol. The molecule has 2 unspecified atom stereocenters. The van der Waals surface area contributed by atoms with Crippen molar-refractivity contribution in [2.24, 2.45) is 0 Å². The molecular weight excluding hydrogens is 246 g/mol. The van der Waals surface area contributed by atoms with Crippen molar-refractivity contribution in [2.45, 2.75) is 18.6 Å². The normalized spacial score (nSPS) is 14.5. The van der Waals surface area contributed by atoms with Gasteiger partial charge in [0.15, 0.2) is 6.29 Å². The highest BCUT2D eigenvalue weighted by molar-refractivity contribution is 5.95. The molecule has 2 atom stereocenters.